The summed E-state index contributed by atoms with van der Waals surface area (Å²) in [4.78, 5) is 33.4. The van der Waals surface area contributed by atoms with Gasteiger partial charge >= 0.3 is 0 Å². The van der Waals surface area contributed by atoms with Crippen molar-refractivity contribution in [2.24, 2.45) is 0 Å². The lowest BCUT2D eigenvalue weighted by Gasteiger charge is -2.35. The van der Waals surface area contributed by atoms with Gasteiger partial charge in [-0.25, -0.2) is 4.98 Å². The van der Waals surface area contributed by atoms with Gasteiger partial charge < -0.3 is 19.3 Å². The molecule has 0 aliphatic carbocycles. The highest BCUT2D eigenvalue weighted by Crippen LogP contribution is 2.34. The number of hydrogen-bond donors (Lipinski definition) is 0. The summed E-state index contributed by atoms with van der Waals surface area (Å²) in [6.07, 6.45) is -0.763. The van der Waals surface area contributed by atoms with Gasteiger partial charge in [0.05, 0.1) is 22.9 Å². The zero-order chi connectivity index (χ0) is 22.0. The van der Waals surface area contributed by atoms with Crippen molar-refractivity contribution in [1.29, 1.82) is 0 Å². The van der Waals surface area contributed by atoms with Gasteiger partial charge in [-0.05, 0) is 37.3 Å². The number of para-hydroxylation sites is 2. The van der Waals surface area contributed by atoms with E-state index in [1.807, 2.05) is 36.6 Å². The van der Waals surface area contributed by atoms with Gasteiger partial charge in [-0.1, -0.05) is 18.2 Å². The van der Waals surface area contributed by atoms with Gasteiger partial charge in [-0.15, -0.1) is 11.3 Å². The van der Waals surface area contributed by atoms with Gasteiger partial charge in [-0.3, -0.25) is 9.59 Å². The molecule has 1 unspecified atom stereocenters. The van der Waals surface area contributed by atoms with Crippen LogP contribution in [0.2, 0.25) is 0 Å². The van der Waals surface area contributed by atoms with E-state index < -0.39 is 6.10 Å². The highest BCUT2D eigenvalue weighted by atomic mass is 32.1. The van der Waals surface area contributed by atoms with Crippen molar-refractivity contribution in [2.45, 2.75) is 19.6 Å². The van der Waals surface area contributed by atoms with Crippen LogP contribution in [0.3, 0.4) is 0 Å². The van der Waals surface area contributed by atoms with Crippen LogP contribution in [0.15, 0.2) is 53.9 Å². The number of hydrogen-bond acceptors (Lipinski definition) is 6. The summed E-state index contributed by atoms with van der Waals surface area (Å²) in [7, 11) is 3.34. The molecule has 0 fully saturated rings. The summed E-state index contributed by atoms with van der Waals surface area (Å²) in [5.41, 5.74) is 1.96. The van der Waals surface area contributed by atoms with Gasteiger partial charge in [0.1, 0.15) is 18.1 Å². The number of ether oxygens (including phenoxy) is 2. The van der Waals surface area contributed by atoms with Gasteiger partial charge in [0, 0.05) is 25.0 Å². The van der Waals surface area contributed by atoms with E-state index >= 15 is 0 Å². The van der Waals surface area contributed by atoms with Gasteiger partial charge in [0.2, 0.25) is 0 Å². The van der Waals surface area contributed by atoms with E-state index in [2.05, 4.69) is 4.98 Å². The number of aryl methyl sites for hydroxylation is 1. The molecular formula is C23H23N3O4S. The molecule has 0 spiro atoms. The number of likely N-dealkylation sites (N-methyl/N-ethyl adjacent to an activating group) is 1. The zero-order valence-electron chi connectivity index (χ0n) is 17.6. The third-order valence-corrected chi connectivity index (χ3v) is 5.69. The third kappa shape index (κ3) is 4.54. The van der Waals surface area contributed by atoms with Crippen molar-refractivity contribution < 1.29 is 19.1 Å². The van der Waals surface area contributed by atoms with Crippen molar-refractivity contribution in [3.63, 3.8) is 0 Å². The van der Waals surface area contributed by atoms with Crippen molar-refractivity contribution >= 4 is 28.8 Å². The first-order valence-electron chi connectivity index (χ1n) is 9.85. The van der Waals surface area contributed by atoms with E-state index in [-0.39, 0.29) is 18.4 Å². The molecule has 160 valence electrons. The molecule has 8 heteroatoms. The molecular weight excluding hydrogens is 414 g/mol. The lowest BCUT2D eigenvalue weighted by atomic mass is 10.1. The molecule has 0 radical (unpaired) electrons. The van der Waals surface area contributed by atoms with Crippen LogP contribution in [-0.4, -0.2) is 48.4 Å². The number of carbonyl (C=O) groups excluding carboxylic acids is 2. The summed E-state index contributed by atoms with van der Waals surface area (Å²) >= 11 is 1.57. The fraction of sp³-hybridized carbons (Fsp3) is 0.261. The topological polar surface area (TPSA) is 72.0 Å². The number of nitrogens with zero attached hydrogens (tertiary/aromatic N) is 3. The number of fused-ring (bicyclic) bond motifs is 1. The molecule has 1 aliphatic heterocycles. The first-order chi connectivity index (χ1) is 14.9. The summed E-state index contributed by atoms with van der Waals surface area (Å²) in [5, 5.41) is 2.94. The Morgan fingerprint density at radius 3 is 2.77 bits per heavy atom. The molecule has 0 N–H and O–H groups in total. The zero-order valence-corrected chi connectivity index (χ0v) is 18.4. The van der Waals surface area contributed by atoms with Crippen molar-refractivity contribution in [3.8, 4) is 11.5 Å². The monoisotopic (exact) mass is 437 g/mol. The Morgan fingerprint density at radius 2 is 2.03 bits per heavy atom. The van der Waals surface area contributed by atoms with Crippen LogP contribution in [-0.2, 0) is 11.4 Å². The predicted molar refractivity (Wildman–Crippen MR) is 119 cm³/mol. The van der Waals surface area contributed by atoms with Crippen LogP contribution >= 0.6 is 11.3 Å². The third-order valence-electron chi connectivity index (χ3n) is 4.87. The Hall–Kier alpha value is -3.39. The number of anilines is 1. The minimum atomic E-state index is -0.763. The maximum absolute atomic E-state index is 13.4. The molecule has 7 nitrogen and oxygen atoms in total. The molecule has 0 saturated carbocycles. The molecule has 1 aliphatic rings. The first-order valence-corrected chi connectivity index (χ1v) is 10.7. The van der Waals surface area contributed by atoms with E-state index in [9.17, 15) is 9.59 Å². The SMILES string of the molecule is Cc1nc(COc2cccc(C(=O)N3CC(C(=O)N(C)C)Oc4ccccc43)c2)cs1. The van der Waals surface area contributed by atoms with Gasteiger partial charge in [0.15, 0.2) is 6.10 Å². The van der Waals surface area contributed by atoms with Crippen molar-refractivity contribution in [3.05, 3.63) is 70.2 Å². The van der Waals surface area contributed by atoms with Crippen LogP contribution in [0.4, 0.5) is 5.69 Å². The second kappa shape index (κ2) is 8.77. The summed E-state index contributed by atoms with van der Waals surface area (Å²) in [5.74, 6) is 0.678. The number of benzene rings is 2. The van der Waals surface area contributed by atoms with Crippen molar-refractivity contribution in [2.75, 3.05) is 25.5 Å². The fourth-order valence-corrected chi connectivity index (χ4v) is 3.95. The molecule has 0 bridgehead atoms. The van der Waals surface area contributed by atoms with E-state index in [0.717, 1.165) is 10.7 Å². The summed E-state index contributed by atoms with van der Waals surface area (Å²) in [6.45, 7) is 2.42. The number of aromatic nitrogens is 1. The van der Waals surface area contributed by atoms with Crippen molar-refractivity contribution in [1.82, 2.24) is 9.88 Å². The second-order valence-electron chi connectivity index (χ2n) is 7.40. The molecule has 31 heavy (non-hydrogen) atoms. The number of thiazole rings is 1. The fourth-order valence-electron chi connectivity index (χ4n) is 3.35. The van der Waals surface area contributed by atoms with Crippen LogP contribution in [0, 0.1) is 6.92 Å². The maximum Gasteiger partial charge on any atom is 0.265 e. The van der Waals surface area contributed by atoms with Crippen LogP contribution in [0.5, 0.6) is 11.5 Å². The number of rotatable bonds is 5. The van der Waals surface area contributed by atoms with Crippen LogP contribution in [0.1, 0.15) is 21.1 Å². The normalized spacial score (nSPS) is 15.1. The standard InChI is InChI=1S/C23H23N3O4S/c1-15-24-17(14-31-15)13-29-18-8-6-7-16(11-18)22(27)26-12-21(23(28)25(2)3)30-20-10-5-4-9-19(20)26/h4-11,14,21H,12-13H2,1-3H3. The second-order valence-corrected chi connectivity index (χ2v) is 8.46. The van der Waals surface area contributed by atoms with E-state index in [1.165, 1.54) is 4.90 Å². The average Bonchev–Trinajstić information content (AvgIpc) is 3.21. The minimum Gasteiger partial charge on any atom is -0.487 e. The summed E-state index contributed by atoms with van der Waals surface area (Å²) < 4.78 is 11.7. The lowest BCUT2D eigenvalue weighted by molar-refractivity contribution is -0.135. The van der Waals surface area contributed by atoms with Crippen LogP contribution in [0.25, 0.3) is 0 Å². The molecule has 2 aromatic carbocycles. The Bertz CT molecular complexity index is 1110. The molecule has 0 saturated heterocycles. The maximum atomic E-state index is 13.4. The Labute approximate surface area is 184 Å². The molecule has 2 amide bonds. The Morgan fingerprint density at radius 1 is 1.23 bits per heavy atom. The molecule has 2 heterocycles. The van der Waals surface area contributed by atoms with E-state index in [4.69, 9.17) is 9.47 Å². The Balaban J connectivity index is 1.57. The number of amides is 2. The van der Waals surface area contributed by atoms with Crippen LogP contribution < -0.4 is 14.4 Å². The quantitative estimate of drug-likeness (QED) is 0.611. The highest BCUT2D eigenvalue weighted by Gasteiger charge is 2.35. The summed E-state index contributed by atoms with van der Waals surface area (Å²) in [6, 6.07) is 14.3. The number of carbonyl (C=O) groups is 2. The average molecular weight is 438 g/mol. The van der Waals surface area contributed by atoms with Gasteiger partial charge in [0.25, 0.3) is 11.8 Å². The molecule has 1 atom stereocenters. The highest BCUT2D eigenvalue weighted by molar-refractivity contribution is 7.09. The van der Waals surface area contributed by atoms with Gasteiger partial charge in [-0.2, -0.15) is 0 Å². The smallest absolute Gasteiger partial charge is 0.265 e. The predicted octanol–water partition coefficient (Wildman–Crippen LogP) is 3.53. The van der Waals surface area contributed by atoms with E-state index in [1.54, 1.807) is 54.6 Å². The molecule has 4 rings (SSSR count). The van der Waals surface area contributed by atoms with E-state index in [0.29, 0.717) is 29.4 Å². The minimum absolute atomic E-state index is 0.135. The first kappa shape index (κ1) is 20.9. The Kier molecular flexibility index (Phi) is 5.90. The lowest BCUT2D eigenvalue weighted by Crippen LogP contribution is -2.50. The largest absolute Gasteiger partial charge is 0.487 e. The molecule has 1 aromatic heterocycles. The molecule has 3 aromatic rings.